The highest BCUT2D eigenvalue weighted by atomic mass is 32.2. The average Bonchev–Trinajstić information content (AvgIpc) is 3.60. The van der Waals surface area contributed by atoms with Gasteiger partial charge in [-0.2, -0.15) is 21.6 Å². The number of carbonyl (C=O) groups excluding carboxylic acids is 1. The molecule has 2 aliphatic heterocycles. The van der Waals surface area contributed by atoms with Gasteiger partial charge < -0.3 is 19.7 Å². The number of aryl methyl sites for hydroxylation is 1. The number of aromatic nitrogens is 4. The third-order valence-corrected chi connectivity index (χ3v) is 10.7. The maximum Gasteiger partial charge on any atom is 0.397 e. The fourth-order valence-corrected chi connectivity index (χ4v) is 7.14. The van der Waals surface area contributed by atoms with E-state index in [-0.39, 0.29) is 35.2 Å². The van der Waals surface area contributed by atoms with Crippen molar-refractivity contribution in [1.82, 2.24) is 25.1 Å². The number of nitrogens with zero attached hydrogens (tertiary/aromatic N) is 5. The number of carbonyl (C=O) groups is 1. The zero-order chi connectivity index (χ0) is 37.6. The van der Waals surface area contributed by atoms with Gasteiger partial charge in [-0.25, -0.2) is 14.6 Å². The Balaban J connectivity index is 1.32. The third-order valence-electron chi connectivity index (χ3n) is 9.40. The normalized spacial score (nSPS) is 17.3. The average molecular weight is 756 g/mol. The number of hydrogen-bond donors (Lipinski definition) is 2. The molecule has 12 nitrogen and oxygen atoms in total. The summed E-state index contributed by atoms with van der Waals surface area (Å²) in [4.78, 5) is 24.2. The van der Waals surface area contributed by atoms with Crippen molar-refractivity contribution < 1.29 is 35.9 Å². The van der Waals surface area contributed by atoms with Crippen molar-refractivity contribution in [1.29, 1.82) is 0 Å². The Hall–Kier alpha value is -4.70. The molecule has 1 amide bonds. The van der Waals surface area contributed by atoms with Crippen molar-refractivity contribution in [2.45, 2.75) is 76.0 Å². The number of ether oxygens (including phenoxy) is 2. The molecule has 1 saturated heterocycles. The SMILES string of the molecule is CC(C)(COc1ccn(-c2ccc3nc2-c2ccccc2CCCCCCN(CC(=O)NC2CCOCC2)c2cccc(n2)S(=O)(=O)N3)n1)C(F)(F)F. The van der Waals surface area contributed by atoms with Crippen molar-refractivity contribution in [3.8, 4) is 22.8 Å². The van der Waals surface area contributed by atoms with Gasteiger partial charge in [0, 0.05) is 43.6 Å². The van der Waals surface area contributed by atoms with Crippen LogP contribution in [0.5, 0.6) is 5.88 Å². The number of halogens is 3. The van der Waals surface area contributed by atoms with Crippen LogP contribution in [0.4, 0.5) is 24.8 Å². The lowest BCUT2D eigenvalue weighted by Crippen LogP contribution is -2.44. The number of anilines is 2. The number of hydrogen-bond acceptors (Lipinski definition) is 9. The molecule has 0 unspecified atom stereocenters. The van der Waals surface area contributed by atoms with Crippen molar-refractivity contribution in [3.63, 3.8) is 0 Å². The molecule has 0 atom stereocenters. The standard InChI is InChI=1S/C37H44F3N7O5S/c1-36(2,37(38,39)40)25-52-33-17-21-47(44-33)29-15-16-30-42-35(29)28-12-7-6-11-26(28)10-5-3-4-8-20-46(24-32(48)41-27-18-22-51-23-19-27)31-13-9-14-34(43-31)53(49,50)45-30/h6-7,9,11-17,21,27H,3-5,8,10,18-20,22-25H2,1-2H3,(H,41,48)(H,42,45). The Labute approximate surface area is 307 Å². The molecule has 5 heterocycles. The van der Waals surface area contributed by atoms with E-state index in [4.69, 9.17) is 14.5 Å². The largest absolute Gasteiger partial charge is 0.476 e. The van der Waals surface area contributed by atoms with Gasteiger partial charge >= 0.3 is 6.18 Å². The van der Waals surface area contributed by atoms with Gasteiger partial charge in [-0.05, 0) is 75.8 Å². The van der Waals surface area contributed by atoms with Crippen LogP contribution < -0.4 is 19.7 Å². The molecule has 53 heavy (non-hydrogen) atoms. The summed E-state index contributed by atoms with van der Waals surface area (Å²) in [6, 6.07) is 17.0. The Morgan fingerprint density at radius 1 is 0.981 bits per heavy atom. The molecule has 4 aromatic rings. The monoisotopic (exact) mass is 755 g/mol. The van der Waals surface area contributed by atoms with Gasteiger partial charge in [0.2, 0.25) is 11.8 Å². The van der Waals surface area contributed by atoms with Gasteiger partial charge in [-0.15, -0.1) is 5.10 Å². The van der Waals surface area contributed by atoms with E-state index in [2.05, 4.69) is 20.1 Å². The number of sulfonamides is 1. The molecule has 3 aromatic heterocycles. The zero-order valence-corrected chi connectivity index (χ0v) is 30.5. The molecule has 1 fully saturated rings. The number of rotatable bonds is 7. The predicted octanol–water partition coefficient (Wildman–Crippen LogP) is 6.32. The zero-order valence-electron chi connectivity index (χ0n) is 29.7. The maximum absolute atomic E-state index is 13.8. The minimum Gasteiger partial charge on any atom is -0.476 e. The van der Waals surface area contributed by atoms with E-state index in [0.29, 0.717) is 43.4 Å². The third kappa shape index (κ3) is 9.46. The highest BCUT2D eigenvalue weighted by Gasteiger charge is 2.48. The molecule has 284 valence electrons. The second kappa shape index (κ2) is 16.1. The van der Waals surface area contributed by atoms with Gasteiger partial charge in [0.15, 0.2) is 5.03 Å². The van der Waals surface area contributed by atoms with Crippen LogP contribution in [0.3, 0.4) is 0 Å². The second-order valence-corrected chi connectivity index (χ2v) is 15.6. The summed E-state index contributed by atoms with van der Waals surface area (Å²) < 4.78 is 82.8. The molecule has 2 N–H and O–H groups in total. The lowest BCUT2D eigenvalue weighted by Gasteiger charge is -2.27. The van der Waals surface area contributed by atoms with E-state index < -0.39 is 28.2 Å². The number of amides is 1. The Kier molecular flexibility index (Phi) is 11.6. The van der Waals surface area contributed by atoms with Gasteiger partial charge in [0.05, 0.1) is 23.3 Å². The molecule has 16 heteroatoms. The van der Waals surface area contributed by atoms with Crippen LogP contribution in [0.1, 0.15) is 57.9 Å². The molecular weight excluding hydrogens is 712 g/mol. The first-order valence-electron chi connectivity index (χ1n) is 17.8. The molecule has 2 aliphatic rings. The van der Waals surface area contributed by atoms with Gasteiger partial charge in [0.25, 0.3) is 10.0 Å². The van der Waals surface area contributed by atoms with Crippen LogP contribution in [0, 0.1) is 5.41 Å². The van der Waals surface area contributed by atoms with Crippen LogP contribution in [0.2, 0.25) is 0 Å². The summed E-state index contributed by atoms with van der Waals surface area (Å²) in [7, 11) is -4.25. The fraction of sp³-hybridized carbons (Fsp3) is 0.459. The minimum atomic E-state index is -4.46. The number of pyridine rings is 2. The number of benzene rings is 1. The van der Waals surface area contributed by atoms with E-state index in [0.717, 1.165) is 63.5 Å². The van der Waals surface area contributed by atoms with Crippen LogP contribution in [0.15, 0.2) is 71.9 Å². The van der Waals surface area contributed by atoms with E-state index in [1.807, 2.05) is 29.2 Å². The number of fused-ring (bicyclic) bond motifs is 6. The summed E-state index contributed by atoms with van der Waals surface area (Å²) in [6.07, 6.45) is 2.71. The molecule has 0 saturated carbocycles. The number of nitrogens with one attached hydrogen (secondary N) is 2. The highest BCUT2D eigenvalue weighted by Crippen LogP contribution is 2.38. The van der Waals surface area contributed by atoms with E-state index in [9.17, 15) is 26.4 Å². The first kappa shape index (κ1) is 38.0. The van der Waals surface area contributed by atoms with Crippen molar-refractivity contribution >= 4 is 27.6 Å². The Morgan fingerprint density at radius 2 is 1.75 bits per heavy atom. The molecule has 4 bridgehead atoms. The quantitative estimate of drug-likeness (QED) is 0.222. The van der Waals surface area contributed by atoms with Gasteiger partial charge in [-0.3, -0.25) is 9.52 Å². The van der Waals surface area contributed by atoms with E-state index >= 15 is 0 Å². The molecule has 1 aromatic carbocycles. The molecule has 6 rings (SSSR count). The topological polar surface area (TPSA) is 141 Å². The fourth-order valence-electron chi connectivity index (χ4n) is 6.17. The predicted molar refractivity (Wildman–Crippen MR) is 194 cm³/mol. The first-order chi connectivity index (χ1) is 25.3. The first-order valence-corrected chi connectivity index (χ1v) is 19.2. The summed E-state index contributed by atoms with van der Waals surface area (Å²) in [5.74, 6) is 0.229. The Bertz CT molecular complexity index is 2000. The lowest BCUT2D eigenvalue weighted by atomic mass is 9.94. The van der Waals surface area contributed by atoms with Crippen molar-refractivity contribution in [2.24, 2.45) is 5.41 Å². The summed E-state index contributed by atoms with van der Waals surface area (Å²) in [5.41, 5.74) is 0.538. The van der Waals surface area contributed by atoms with E-state index in [1.165, 1.54) is 22.9 Å². The van der Waals surface area contributed by atoms with Gasteiger partial charge in [-0.1, -0.05) is 43.2 Å². The molecule has 0 radical (unpaired) electrons. The van der Waals surface area contributed by atoms with Crippen molar-refractivity contribution in [2.75, 3.05) is 42.5 Å². The van der Waals surface area contributed by atoms with Crippen LogP contribution in [-0.4, -0.2) is 79.2 Å². The summed E-state index contributed by atoms with van der Waals surface area (Å²) in [6.45, 7) is 3.22. The minimum absolute atomic E-state index is 0.00192. The lowest BCUT2D eigenvalue weighted by molar-refractivity contribution is -0.219. The smallest absolute Gasteiger partial charge is 0.397 e. The Morgan fingerprint density at radius 3 is 2.55 bits per heavy atom. The second-order valence-electron chi connectivity index (χ2n) is 14.0. The van der Waals surface area contributed by atoms with Crippen LogP contribution in [-0.2, 0) is 26.0 Å². The summed E-state index contributed by atoms with van der Waals surface area (Å²) >= 11 is 0. The van der Waals surface area contributed by atoms with Crippen molar-refractivity contribution in [3.05, 3.63) is 72.4 Å². The molecular formula is C37H44F3N7O5S. The van der Waals surface area contributed by atoms with Gasteiger partial charge in [0.1, 0.15) is 18.2 Å². The molecule has 0 spiro atoms. The van der Waals surface area contributed by atoms with Crippen LogP contribution in [0.25, 0.3) is 16.9 Å². The maximum atomic E-state index is 13.8. The van der Waals surface area contributed by atoms with E-state index in [1.54, 1.807) is 24.4 Å². The van der Waals surface area contributed by atoms with Crippen LogP contribution >= 0.6 is 0 Å². The highest BCUT2D eigenvalue weighted by molar-refractivity contribution is 7.92. The summed E-state index contributed by atoms with van der Waals surface area (Å²) in [5, 5.41) is 7.24. The number of alkyl halides is 3. The molecule has 0 aliphatic carbocycles.